The molecule has 0 aliphatic carbocycles. The molecule has 2 unspecified atom stereocenters. The van der Waals surface area contributed by atoms with Crippen molar-refractivity contribution in [3.05, 3.63) is 35.4 Å². The zero-order chi connectivity index (χ0) is 15.6. The summed E-state index contributed by atoms with van der Waals surface area (Å²) in [4.78, 5) is 26.5. The Labute approximate surface area is 126 Å². The lowest BCUT2D eigenvalue weighted by Crippen LogP contribution is -2.62. The maximum Gasteiger partial charge on any atom is 0.246 e. The van der Waals surface area contributed by atoms with Gasteiger partial charge in [-0.1, -0.05) is 38.1 Å². The number of rotatable bonds is 4. The van der Waals surface area contributed by atoms with Crippen molar-refractivity contribution in [1.82, 2.24) is 10.2 Å². The van der Waals surface area contributed by atoms with Crippen LogP contribution in [-0.4, -0.2) is 28.8 Å². The lowest BCUT2D eigenvalue weighted by Gasteiger charge is -2.38. The van der Waals surface area contributed by atoms with E-state index in [-0.39, 0.29) is 11.8 Å². The fourth-order valence-electron chi connectivity index (χ4n) is 2.70. The van der Waals surface area contributed by atoms with Gasteiger partial charge in [0.25, 0.3) is 0 Å². The van der Waals surface area contributed by atoms with Crippen molar-refractivity contribution in [1.29, 1.82) is 0 Å². The van der Waals surface area contributed by atoms with Crippen molar-refractivity contribution in [3.8, 4) is 0 Å². The predicted octanol–water partition coefficient (Wildman–Crippen LogP) is 2.26. The third kappa shape index (κ3) is 3.43. The normalized spacial score (nSPS) is 22.6. The van der Waals surface area contributed by atoms with Crippen LogP contribution in [-0.2, 0) is 16.1 Å². The number of nitrogens with one attached hydrogen (secondary N) is 1. The van der Waals surface area contributed by atoms with Gasteiger partial charge in [0.2, 0.25) is 11.8 Å². The first-order valence-corrected chi connectivity index (χ1v) is 7.55. The highest BCUT2D eigenvalue weighted by molar-refractivity contribution is 5.96. The topological polar surface area (TPSA) is 49.4 Å². The maximum atomic E-state index is 12.6. The standard InChI is InChI=1S/C17H24N2O2/c1-11(2)9-15-17(21)19(13(4)16(20)18-15)10-14-8-6-5-7-12(14)3/h5-8,11,13,15H,9-10H2,1-4H3,(H,18,20). The van der Waals surface area contributed by atoms with Gasteiger partial charge in [0.05, 0.1) is 0 Å². The third-order valence-corrected chi connectivity index (χ3v) is 4.05. The highest BCUT2D eigenvalue weighted by Crippen LogP contribution is 2.19. The van der Waals surface area contributed by atoms with E-state index >= 15 is 0 Å². The lowest BCUT2D eigenvalue weighted by molar-refractivity contribution is -0.149. The van der Waals surface area contributed by atoms with Gasteiger partial charge in [-0.05, 0) is 37.3 Å². The van der Waals surface area contributed by atoms with Gasteiger partial charge < -0.3 is 10.2 Å². The molecule has 1 N–H and O–H groups in total. The molecule has 0 bridgehead atoms. The van der Waals surface area contributed by atoms with Crippen LogP contribution in [0.3, 0.4) is 0 Å². The van der Waals surface area contributed by atoms with E-state index in [9.17, 15) is 9.59 Å². The zero-order valence-corrected chi connectivity index (χ0v) is 13.2. The van der Waals surface area contributed by atoms with Gasteiger partial charge in [0, 0.05) is 6.54 Å². The molecule has 4 heteroatoms. The minimum atomic E-state index is -0.416. The Hall–Kier alpha value is -1.84. The summed E-state index contributed by atoms with van der Waals surface area (Å²) in [6.07, 6.45) is 0.682. The second-order valence-corrected chi connectivity index (χ2v) is 6.26. The molecule has 1 saturated heterocycles. The summed E-state index contributed by atoms with van der Waals surface area (Å²) in [5.41, 5.74) is 2.24. The fraction of sp³-hybridized carbons (Fsp3) is 0.529. The molecular formula is C17H24N2O2. The Balaban J connectivity index is 2.21. The molecule has 1 aliphatic heterocycles. The molecule has 0 aromatic heterocycles. The minimum Gasteiger partial charge on any atom is -0.343 e. The predicted molar refractivity (Wildman–Crippen MR) is 82.6 cm³/mol. The summed E-state index contributed by atoms with van der Waals surface area (Å²) >= 11 is 0. The molecule has 0 saturated carbocycles. The Kier molecular flexibility index (Phi) is 4.66. The van der Waals surface area contributed by atoms with E-state index < -0.39 is 12.1 Å². The molecule has 21 heavy (non-hydrogen) atoms. The molecule has 114 valence electrons. The molecule has 2 amide bonds. The maximum absolute atomic E-state index is 12.6. The van der Waals surface area contributed by atoms with Crippen LogP contribution in [0, 0.1) is 12.8 Å². The summed E-state index contributed by atoms with van der Waals surface area (Å²) in [6.45, 7) is 8.43. The van der Waals surface area contributed by atoms with Gasteiger partial charge in [-0.25, -0.2) is 0 Å². The molecular weight excluding hydrogens is 264 g/mol. The number of nitrogens with zero attached hydrogens (tertiary/aromatic N) is 1. The van der Waals surface area contributed by atoms with Crippen LogP contribution in [0.5, 0.6) is 0 Å². The summed E-state index contributed by atoms with van der Waals surface area (Å²) in [5, 5.41) is 2.85. The smallest absolute Gasteiger partial charge is 0.246 e. The molecule has 1 fully saturated rings. The number of piperazine rings is 1. The average molecular weight is 288 g/mol. The fourth-order valence-corrected chi connectivity index (χ4v) is 2.70. The highest BCUT2D eigenvalue weighted by Gasteiger charge is 2.38. The van der Waals surface area contributed by atoms with E-state index in [2.05, 4.69) is 19.2 Å². The molecule has 2 rings (SSSR count). The van der Waals surface area contributed by atoms with Crippen LogP contribution in [0.15, 0.2) is 24.3 Å². The second kappa shape index (κ2) is 6.29. The van der Waals surface area contributed by atoms with Crippen LogP contribution in [0.4, 0.5) is 0 Å². The quantitative estimate of drug-likeness (QED) is 0.924. The lowest BCUT2D eigenvalue weighted by atomic mass is 9.98. The van der Waals surface area contributed by atoms with Crippen molar-refractivity contribution in [3.63, 3.8) is 0 Å². The Bertz CT molecular complexity index is 539. The zero-order valence-electron chi connectivity index (χ0n) is 13.2. The van der Waals surface area contributed by atoms with Crippen molar-refractivity contribution in [2.45, 2.75) is 52.7 Å². The van der Waals surface area contributed by atoms with E-state index in [1.165, 1.54) is 0 Å². The van der Waals surface area contributed by atoms with E-state index in [1.807, 2.05) is 31.2 Å². The van der Waals surface area contributed by atoms with Crippen LogP contribution >= 0.6 is 0 Å². The molecule has 4 nitrogen and oxygen atoms in total. The number of carbonyl (C=O) groups is 2. The Morgan fingerprint density at radius 3 is 2.52 bits per heavy atom. The largest absolute Gasteiger partial charge is 0.343 e. The summed E-state index contributed by atoms with van der Waals surface area (Å²) in [5.74, 6) is 0.334. The first-order valence-electron chi connectivity index (χ1n) is 7.55. The first kappa shape index (κ1) is 15.5. The summed E-state index contributed by atoms with van der Waals surface area (Å²) in [6, 6.07) is 7.18. The van der Waals surface area contributed by atoms with Crippen molar-refractivity contribution < 1.29 is 9.59 Å². The Morgan fingerprint density at radius 1 is 1.24 bits per heavy atom. The minimum absolute atomic E-state index is 0.0269. The molecule has 1 aromatic rings. The van der Waals surface area contributed by atoms with E-state index in [0.29, 0.717) is 18.9 Å². The van der Waals surface area contributed by atoms with Crippen LogP contribution in [0.25, 0.3) is 0 Å². The average Bonchev–Trinajstić information content (AvgIpc) is 2.42. The summed E-state index contributed by atoms with van der Waals surface area (Å²) < 4.78 is 0. The molecule has 0 spiro atoms. The number of benzene rings is 1. The first-order chi connectivity index (χ1) is 9.90. The van der Waals surface area contributed by atoms with Crippen LogP contribution < -0.4 is 5.32 Å². The number of hydrogen-bond acceptors (Lipinski definition) is 2. The van der Waals surface area contributed by atoms with Gasteiger partial charge in [0.1, 0.15) is 12.1 Å². The SMILES string of the molecule is Cc1ccccc1CN1C(=O)C(CC(C)C)NC(=O)C1C. The van der Waals surface area contributed by atoms with Crippen molar-refractivity contribution in [2.75, 3.05) is 0 Å². The van der Waals surface area contributed by atoms with Crippen molar-refractivity contribution in [2.24, 2.45) is 5.92 Å². The molecule has 2 atom stereocenters. The van der Waals surface area contributed by atoms with Crippen LogP contribution in [0.1, 0.15) is 38.3 Å². The van der Waals surface area contributed by atoms with E-state index in [4.69, 9.17) is 0 Å². The second-order valence-electron chi connectivity index (χ2n) is 6.26. The van der Waals surface area contributed by atoms with E-state index in [0.717, 1.165) is 11.1 Å². The van der Waals surface area contributed by atoms with Gasteiger partial charge in [-0.3, -0.25) is 9.59 Å². The highest BCUT2D eigenvalue weighted by atomic mass is 16.2. The van der Waals surface area contributed by atoms with Crippen LogP contribution in [0.2, 0.25) is 0 Å². The molecule has 1 heterocycles. The third-order valence-electron chi connectivity index (χ3n) is 4.05. The van der Waals surface area contributed by atoms with Gasteiger partial charge in [-0.15, -0.1) is 0 Å². The molecule has 1 aliphatic rings. The molecule has 0 radical (unpaired) electrons. The number of carbonyl (C=O) groups excluding carboxylic acids is 2. The van der Waals surface area contributed by atoms with Crippen molar-refractivity contribution >= 4 is 11.8 Å². The number of aryl methyl sites for hydroxylation is 1. The monoisotopic (exact) mass is 288 g/mol. The Morgan fingerprint density at radius 2 is 1.90 bits per heavy atom. The molecule has 1 aromatic carbocycles. The van der Waals surface area contributed by atoms with Gasteiger partial charge in [-0.2, -0.15) is 0 Å². The van der Waals surface area contributed by atoms with E-state index in [1.54, 1.807) is 11.8 Å². The number of amides is 2. The number of hydrogen-bond donors (Lipinski definition) is 1. The van der Waals surface area contributed by atoms with Gasteiger partial charge in [0.15, 0.2) is 0 Å². The summed E-state index contributed by atoms with van der Waals surface area (Å²) in [7, 11) is 0. The van der Waals surface area contributed by atoms with Gasteiger partial charge >= 0.3 is 0 Å².